The molecular formula is C10H11Cl2NO3S. The van der Waals surface area contributed by atoms with Gasteiger partial charge in [-0.15, -0.1) is 11.3 Å². The van der Waals surface area contributed by atoms with Crippen LogP contribution in [0.25, 0.3) is 0 Å². The fraction of sp³-hybridized carbons (Fsp3) is 0.400. The molecule has 1 aromatic heterocycles. The molecule has 0 aromatic carbocycles. The van der Waals surface area contributed by atoms with Crippen molar-refractivity contribution in [2.24, 2.45) is 0 Å². The smallest absolute Gasteiger partial charge is 0.303 e. The first-order valence-corrected chi connectivity index (χ1v) is 6.52. The van der Waals surface area contributed by atoms with Crippen molar-refractivity contribution in [2.75, 3.05) is 6.54 Å². The zero-order chi connectivity index (χ0) is 12.8. The first-order valence-electron chi connectivity index (χ1n) is 4.95. The summed E-state index contributed by atoms with van der Waals surface area (Å²) < 4.78 is 0.823. The van der Waals surface area contributed by atoms with Crippen molar-refractivity contribution in [1.82, 2.24) is 5.32 Å². The number of amides is 1. The van der Waals surface area contributed by atoms with Crippen LogP contribution in [0.3, 0.4) is 0 Å². The number of carbonyl (C=O) groups excluding carboxylic acids is 1. The minimum absolute atomic E-state index is 0.112. The number of carbonyl (C=O) groups is 2. The Morgan fingerprint density at radius 2 is 2.06 bits per heavy atom. The van der Waals surface area contributed by atoms with E-state index in [4.69, 9.17) is 28.3 Å². The quantitative estimate of drug-likeness (QED) is 0.793. The zero-order valence-corrected chi connectivity index (χ0v) is 11.2. The number of hydrogen-bond acceptors (Lipinski definition) is 3. The number of halogens is 2. The highest BCUT2D eigenvalue weighted by atomic mass is 35.5. The first-order chi connectivity index (χ1) is 8.00. The highest BCUT2D eigenvalue weighted by Gasteiger charge is 2.13. The minimum Gasteiger partial charge on any atom is -0.481 e. The van der Waals surface area contributed by atoms with Crippen LogP contribution >= 0.6 is 34.5 Å². The Labute approximate surface area is 113 Å². The molecule has 0 aliphatic rings. The van der Waals surface area contributed by atoms with Gasteiger partial charge in [0.25, 0.3) is 5.91 Å². The van der Waals surface area contributed by atoms with Gasteiger partial charge >= 0.3 is 5.97 Å². The molecule has 0 fully saturated rings. The van der Waals surface area contributed by atoms with Gasteiger partial charge in [-0.3, -0.25) is 9.59 Å². The number of carboxylic acid groups (broad SMARTS) is 1. The topological polar surface area (TPSA) is 66.4 Å². The third kappa shape index (κ3) is 4.93. The van der Waals surface area contributed by atoms with Crippen molar-refractivity contribution in [3.05, 3.63) is 20.3 Å². The largest absolute Gasteiger partial charge is 0.481 e. The maximum atomic E-state index is 11.6. The Kier molecular flexibility index (Phi) is 5.74. The predicted molar refractivity (Wildman–Crippen MR) is 68.2 cm³/mol. The summed E-state index contributed by atoms with van der Waals surface area (Å²) in [7, 11) is 0. The minimum atomic E-state index is -0.830. The van der Waals surface area contributed by atoms with Crippen molar-refractivity contribution in [3.63, 3.8) is 0 Å². The summed E-state index contributed by atoms with van der Waals surface area (Å²) in [5.74, 6) is -1.11. The van der Waals surface area contributed by atoms with E-state index in [1.165, 1.54) is 6.07 Å². The number of hydrogen-bond donors (Lipinski definition) is 2. The molecule has 2 N–H and O–H groups in total. The highest BCUT2D eigenvalue weighted by Crippen LogP contribution is 2.30. The number of aliphatic carboxylic acids is 1. The van der Waals surface area contributed by atoms with E-state index in [1.807, 2.05) is 0 Å². The second kappa shape index (κ2) is 6.83. The van der Waals surface area contributed by atoms with Gasteiger partial charge in [-0.2, -0.15) is 0 Å². The number of carboxylic acids is 1. The van der Waals surface area contributed by atoms with E-state index in [1.54, 1.807) is 0 Å². The molecule has 1 amide bonds. The van der Waals surface area contributed by atoms with Crippen molar-refractivity contribution >= 4 is 46.4 Å². The van der Waals surface area contributed by atoms with E-state index in [0.717, 1.165) is 11.3 Å². The van der Waals surface area contributed by atoms with Crippen LogP contribution in [0.15, 0.2) is 6.07 Å². The predicted octanol–water partition coefficient (Wildman–Crippen LogP) is 3.04. The molecule has 0 aliphatic carbocycles. The SMILES string of the molecule is O=C(O)CCCCNC(=O)c1cc(Cl)sc1Cl. The van der Waals surface area contributed by atoms with Crippen LogP contribution in [0.2, 0.25) is 8.67 Å². The van der Waals surface area contributed by atoms with Gasteiger partial charge in [-0.25, -0.2) is 0 Å². The average Bonchev–Trinajstić information content (AvgIpc) is 2.56. The summed E-state index contributed by atoms with van der Waals surface area (Å²) in [6.45, 7) is 0.426. The van der Waals surface area contributed by atoms with E-state index >= 15 is 0 Å². The molecule has 0 bridgehead atoms. The Hall–Kier alpha value is -0.780. The maximum absolute atomic E-state index is 11.6. The maximum Gasteiger partial charge on any atom is 0.303 e. The van der Waals surface area contributed by atoms with Gasteiger partial charge in [0.15, 0.2) is 0 Å². The van der Waals surface area contributed by atoms with Crippen molar-refractivity contribution in [1.29, 1.82) is 0 Å². The van der Waals surface area contributed by atoms with Gasteiger partial charge in [0, 0.05) is 13.0 Å². The van der Waals surface area contributed by atoms with Gasteiger partial charge < -0.3 is 10.4 Å². The van der Waals surface area contributed by atoms with Gasteiger partial charge in [0.05, 0.1) is 9.90 Å². The fourth-order valence-electron chi connectivity index (χ4n) is 1.19. The summed E-state index contributed by atoms with van der Waals surface area (Å²) in [6.07, 6.45) is 1.27. The molecule has 0 unspecified atom stereocenters. The molecule has 0 spiro atoms. The third-order valence-electron chi connectivity index (χ3n) is 2.00. The molecule has 0 saturated carbocycles. The number of nitrogens with one attached hydrogen (secondary N) is 1. The van der Waals surface area contributed by atoms with Crippen molar-refractivity contribution in [3.8, 4) is 0 Å². The third-order valence-corrected chi connectivity index (χ3v) is 3.49. The van der Waals surface area contributed by atoms with Crippen LogP contribution in [0, 0.1) is 0 Å². The van der Waals surface area contributed by atoms with E-state index in [2.05, 4.69) is 5.32 Å². The number of unbranched alkanes of at least 4 members (excludes halogenated alkanes) is 1. The van der Waals surface area contributed by atoms with Crippen LogP contribution in [-0.4, -0.2) is 23.5 Å². The van der Waals surface area contributed by atoms with Crippen LogP contribution in [-0.2, 0) is 4.79 Å². The molecular weight excluding hydrogens is 285 g/mol. The summed E-state index contributed by atoms with van der Waals surface area (Å²) in [5, 5.41) is 11.1. The molecule has 1 rings (SSSR count). The highest BCUT2D eigenvalue weighted by molar-refractivity contribution is 7.20. The summed E-state index contributed by atoms with van der Waals surface area (Å²) in [6, 6.07) is 1.52. The second-order valence-electron chi connectivity index (χ2n) is 3.34. The lowest BCUT2D eigenvalue weighted by Gasteiger charge is -2.03. The Morgan fingerprint density at radius 3 is 2.59 bits per heavy atom. The number of rotatable bonds is 6. The van der Waals surface area contributed by atoms with E-state index < -0.39 is 5.97 Å². The summed E-state index contributed by atoms with van der Waals surface area (Å²) in [4.78, 5) is 21.9. The van der Waals surface area contributed by atoms with Crippen LogP contribution in [0.5, 0.6) is 0 Å². The molecule has 1 aromatic rings. The lowest BCUT2D eigenvalue weighted by Crippen LogP contribution is -2.24. The molecule has 0 saturated heterocycles. The van der Waals surface area contributed by atoms with Crippen molar-refractivity contribution in [2.45, 2.75) is 19.3 Å². The Balaban J connectivity index is 2.30. The lowest BCUT2D eigenvalue weighted by atomic mass is 10.2. The molecule has 7 heteroatoms. The molecule has 0 atom stereocenters. The Morgan fingerprint density at radius 1 is 1.35 bits per heavy atom. The van der Waals surface area contributed by atoms with Gasteiger partial charge in [0.1, 0.15) is 4.34 Å². The van der Waals surface area contributed by atoms with E-state index in [9.17, 15) is 9.59 Å². The monoisotopic (exact) mass is 295 g/mol. The molecule has 94 valence electrons. The number of thiophene rings is 1. The fourth-order valence-corrected chi connectivity index (χ4v) is 2.65. The summed E-state index contributed by atoms with van der Waals surface area (Å²) in [5.41, 5.74) is 0.361. The Bertz CT molecular complexity index is 420. The standard InChI is InChI=1S/C10H11Cl2NO3S/c11-7-5-6(9(12)17-7)10(16)13-4-2-1-3-8(14)15/h5H,1-4H2,(H,13,16)(H,14,15). The molecule has 1 heterocycles. The average molecular weight is 296 g/mol. The molecule has 4 nitrogen and oxygen atoms in total. The van der Waals surface area contributed by atoms with Crippen molar-refractivity contribution < 1.29 is 14.7 Å². The van der Waals surface area contributed by atoms with Crippen LogP contribution in [0.4, 0.5) is 0 Å². The van der Waals surface area contributed by atoms with Crippen LogP contribution in [0.1, 0.15) is 29.6 Å². The van der Waals surface area contributed by atoms with Gasteiger partial charge in [-0.05, 0) is 18.9 Å². The van der Waals surface area contributed by atoms with E-state index in [-0.39, 0.29) is 12.3 Å². The molecule has 0 radical (unpaired) electrons. The molecule has 17 heavy (non-hydrogen) atoms. The molecule has 0 aliphatic heterocycles. The van der Waals surface area contributed by atoms with Gasteiger partial charge in [0.2, 0.25) is 0 Å². The normalized spacial score (nSPS) is 10.2. The summed E-state index contributed by atoms with van der Waals surface area (Å²) >= 11 is 12.7. The lowest BCUT2D eigenvalue weighted by molar-refractivity contribution is -0.137. The van der Waals surface area contributed by atoms with Gasteiger partial charge in [-0.1, -0.05) is 23.2 Å². The zero-order valence-electron chi connectivity index (χ0n) is 8.83. The van der Waals surface area contributed by atoms with Crippen LogP contribution < -0.4 is 5.32 Å². The van der Waals surface area contributed by atoms with E-state index in [0.29, 0.717) is 33.6 Å². The first kappa shape index (κ1) is 14.3. The second-order valence-corrected chi connectivity index (χ2v) is 5.63.